The predicted octanol–water partition coefficient (Wildman–Crippen LogP) is 3.57. The maximum absolute atomic E-state index is 12.8. The van der Waals surface area contributed by atoms with Gasteiger partial charge in [0.15, 0.2) is 5.82 Å². The molecule has 1 aromatic carbocycles. The van der Waals surface area contributed by atoms with Crippen LogP contribution in [0.1, 0.15) is 32.0 Å². The molecule has 0 spiro atoms. The number of benzene rings is 1. The first-order valence-electron chi connectivity index (χ1n) is 5.50. The molecule has 2 aromatic rings. The number of nitrogens with zero attached hydrogens (tertiary/aromatic N) is 3. The molecular weight excluding hydrogens is 241 g/mol. The zero-order valence-corrected chi connectivity index (χ0v) is 10.4. The highest BCUT2D eigenvalue weighted by Crippen LogP contribution is 2.20. The molecule has 0 aliphatic heterocycles. The Morgan fingerprint density at radius 2 is 2.00 bits per heavy atom. The van der Waals surface area contributed by atoms with Crippen LogP contribution in [0.25, 0.3) is 5.69 Å². The van der Waals surface area contributed by atoms with E-state index < -0.39 is 0 Å². The van der Waals surface area contributed by atoms with Gasteiger partial charge in [0, 0.05) is 5.92 Å². The van der Waals surface area contributed by atoms with Crippen LogP contribution in [0, 0.1) is 5.82 Å². The van der Waals surface area contributed by atoms with Crippen molar-refractivity contribution in [3.63, 3.8) is 0 Å². The Hall–Kier alpha value is -1.42. The third-order valence-corrected chi connectivity index (χ3v) is 2.95. The van der Waals surface area contributed by atoms with Crippen molar-refractivity contribution in [2.24, 2.45) is 0 Å². The number of halogens is 2. The smallest absolute Gasteiger partial charge is 0.207 e. The van der Waals surface area contributed by atoms with Crippen LogP contribution in [0.2, 0.25) is 5.28 Å². The Morgan fingerprint density at radius 3 is 2.59 bits per heavy atom. The van der Waals surface area contributed by atoms with Gasteiger partial charge >= 0.3 is 0 Å². The standard InChI is InChI=1S/C12H13ClFN3/c1-3-8(2)11-15-12(13)17(16-11)10-6-4-9(14)5-7-10/h4-8H,3H2,1-2H3/t8-/m0/s1. The molecule has 0 aliphatic carbocycles. The van der Waals surface area contributed by atoms with E-state index in [0.29, 0.717) is 16.8 Å². The van der Waals surface area contributed by atoms with E-state index in [1.807, 2.05) is 6.92 Å². The lowest BCUT2D eigenvalue weighted by Crippen LogP contribution is -1.99. The van der Waals surface area contributed by atoms with Gasteiger partial charge in [0.2, 0.25) is 5.28 Å². The molecule has 0 radical (unpaired) electrons. The molecule has 1 atom stereocenters. The average molecular weight is 254 g/mol. The Balaban J connectivity index is 2.39. The van der Waals surface area contributed by atoms with E-state index in [4.69, 9.17) is 11.6 Å². The van der Waals surface area contributed by atoms with E-state index in [-0.39, 0.29) is 11.7 Å². The highest BCUT2D eigenvalue weighted by Gasteiger charge is 2.13. The fraction of sp³-hybridized carbons (Fsp3) is 0.333. The zero-order chi connectivity index (χ0) is 12.4. The molecule has 3 nitrogen and oxygen atoms in total. The van der Waals surface area contributed by atoms with E-state index in [1.54, 1.807) is 12.1 Å². The predicted molar refractivity (Wildman–Crippen MR) is 65.0 cm³/mol. The third kappa shape index (κ3) is 2.47. The van der Waals surface area contributed by atoms with Crippen LogP contribution in [-0.2, 0) is 0 Å². The first-order chi connectivity index (χ1) is 8.11. The second kappa shape index (κ2) is 4.84. The molecule has 0 saturated heterocycles. The van der Waals surface area contributed by atoms with Gasteiger partial charge in [-0.25, -0.2) is 14.1 Å². The lowest BCUT2D eigenvalue weighted by atomic mass is 10.1. The molecule has 17 heavy (non-hydrogen) atoms. The van der Waals surface area contributed by atoms with Gasteiger partial charge in [0.1, 0.15) is 5.82 Å². The highest BCUT2D eigenvalue weighted by molar-refractivity contribution is 6.28. The van der Waals surface area contributed by atoms with E-state index in [2.05, 4.69) is 17.0 Å². The minimum atomic E-state index is -0.285. The summed E-state index contributed by atoms with van der Waals surface area (Å²) in [6.07, 6.45) is 0.948. The monoisotopic (exact) mass is 253 g/mol. The maximum Gasteiger partial charge on any atom is 0.225 e. The summed E-state index contributed by atoms with van der Waals surface area (Å²) in [5, 5.41) is 4.63. The van der Waals surface area contributed by atoms with E-state index in [0.717, 1.165) is 6.42 Å². The summed E-state index contributed by atoms with van der Waals surface area (Å²) in [5.74, 6) is 0.683. The molecule has 0 fully saturated rings. The topological polar surface area (TPSA) is 30.7 Å². The fourth-order valence-corrected chi connectivity index (χ4v) is 1.67. The minimum absolute atomic E-state index is 0.259. The number of rotatable bonds is 3. The second-order valence-corrected chi connectivity index (χ2v) is 4.27. The van der Waals surface area contributed by atoms with E-state index in [1.165, 1.54) is 16.8 Å². The molecule has 0 unspecified atom stereocenters. The van der Waals surface area contributed by atoms with Crippen molar-refractivity contribution < 1.29 is 4.39 Å². The van der Waals surface area contributed by atoms with Gasteiger partial charge in [-0.1, -0.05) is 13.8 Å². The second-order valence-electron chi connectivity index (χ2n) is 3.94. The van der Waals surface area contributed by atoms with Crippen molar-refractivity contribution >= 4 is 11.6 Å². The van der Waals surface area contributed by atoms with E-state index in [9.17, 15) is 4.39 Å². The summed E-state index contributed by atoms with van der Waals surface area (Å²) < 4.78 is 14.3. The van der Waals surface area contributed by atoms with Crippen molar-refractivity contribution in [3.8, 4) is 5.69 Å². The van der Waals surface area contributed by atoms with Gasteiger partial charge in [-0.15, -0.1) is 5.10 Å². The summed E-state index contributed by atoms with van der Waals surface area (Å²) in [5.41, 5.74) is 0.707. The van der Waals surface area contributed by atoms with Crippen molar-refractivity contribution in [1.82, 2.24) is 14.8 Å². The van der Waals surface area contributed by atoms with Crippen LogP contribution in [0.15, 0.2) is 24.3 Å². The molecule has 0 aliphatic rings. The average Bonchev–Trinajstić information content (AvgIpc) is 2.71. The van der Waals surface area contributed by atoms with Crippen LogP contribution in [0.3, 0.4) is 0 Å². The zero-order valence-electron chi connectivity index (χ0n) is 9.69. The number of hydrogen-bond donors (Lipinski definition) is 0. The van der Waals surface area contributed by atoms with Gasteiger partial charge < -0.3 is 0 Å². The molecule has 0 saturated carbocycles. The lowest BCUT2D eigenvalue weighted by molar-refractivity contribution is 0.626. The first kappa shape index (κ1) is 12.0. The fourth-order valence-electron chi connectivity index (χ4n) is 1.45. The summed E-state index contributed by atoms with van der Waals surface area (Å²) in [6, 6.07) is 5.99. The van der Waals surface area contributed by atoms with Crippen LogP contribution in [0.5, 0.6) is 0 Å². The van der Waals surface area contributed by atoms with Crippen molar-refractivity contribution in [2.75, 3.05) is 0 Å². The van der Waals surface area contributed by atoms with Crippen molar-refractivity contribution in [2.45, 2.75) is 26.2 Å². The molecule has 0 N–H and O–H groups in total. The number of hydrogen-bond acceptors (Lipinski definition) is 2. The maximum atomic E-state index is 12.8. The molecule has 5 heteroatoms. The van der Waals surface area contributed by atoms with Gasteiger partial charge in [-0.3, -0.25) is 0 Å². The van der Waals surface area contributed by atoms with Crippen LogP contribution in [-0.4, -0.2) is 14.8 Å². The Bertz CT molecular complexity index is 507. The molecule has 1 aromatic heterocycles. The highest BCUT2D eigenvalue weighted by atomic mass is 35.5. The SMILES string of the molecule is CC[C@H](C)c1nc(Cl)n(-c2ccc(F)cc2)n1. The molecule has 0 bridgehead atoms. The summed E-state index contributed by atoms with van der Waals surface area (Å²) >= 11 is 6.02. The van der Waals surface area contributed by atoms with E-state index >= 15 is 0 Å². The first-order valence-corrected chi connectivity index (χ1v) is 5.88. The third-order valence-electron chi connectivity index (χ3n) is 2.71. The largest absolute Gasteiger partial charge is 0.225 e. The van der Waals surface area contributed by atoms with Crippen LogP contribution < -0.4 is 0 Å². The van der Waals surface area contributed by atoms with Crippen molar-refractivity contribution in [1.29, 1.82) is 0 Å². The molecular formula is C12H13ClFN3. The Morgan fingerprint density at radius 1 is 1.35 bits per heavy atom. The minimum Gasteiger partial charge on any atom is -0.207 e. The normalized spacial score (nSPS) is 12.7. The molecule has 2 rings (SSSR count). The lowest BCUT2D eigenvalue weighted by Gasteiger charge is -2.02. The van der Waals surface area contributed by atoms with Gasteiger partial charge in [-0.05, 0) is 42.3 Å². The molecule has 90 valence electrons. The van der Waals surface area contributed by atoms with Crippen LogP contribution in [0.4, 0.5) is 4.39 Å². The number of aromatic nitrogens is 3. The Kier molecular flexibility index (Phi) is 3.43. The van der Waals surface area contributed by atoms with Crippen molar-refractivity contribution in [3.05, 3.63) is 41.2 Å². The molecule has 1 heterocycles. The molecule has 0 amide bonds. The summed E-state index contributed by atoms with van der Waals surface area (Å²) in [4.78, 5) is 4.20. The van der Waals surface area contributed by atoms with Gasteiger partial charge in [-0.2, -0.15) is 0 Å². The summed E-state index contributed by atoms with van der Waals surface area (Å²) in [6.45, 7) is 4.11. The van der Waals surface area contributed by atoms with Gasteiger partial charge in [0.25, 0.3) is 0 Å². The Labute approximate surface area is 104 Å². The van der Waals surface area contributed by atoms with Crippen LogP contribution >= 0.6 is 11.6 Å². The van der Waals surface area contributed by atoms with Gasteiger partial charge in [0.05, 0.1) is 5.69 Å². The summed E-state index contributed by atoms with van der Waals surface area (Å²) in [7, 11) is 0. The quantitative estimate of drug-likeness (QED) is 0.837.